The average Bonchev–Trinajstić information content (AvgIpc) is 2.42. The molecule has 0 saturated heterocycles. The summed E-state index contributed by atoms with van der Waals surface area (Å²) in [5.74, 6) is 1.47. The summed E-state index contributed by atoms with van der Waals surface area (Å²) in [6.07, 6.45) is 2.42. The van der Waals surface area contributed by atoms with Crippen LogP contribution in [0, 0.1) is 5.92 Å². The summed E-state index contributed by atoms with van der Waals surface area (Å²) in [6, 6.07) is 6.69. The zero-order valence-corrected chi connectivity index (χ0v) is 14.5. The van der Waals surface area contributed by atoms with Gasteiger partial charge in [0.2, 0.25) is 0 Å². The third kappa shape index (κ3) is 5.08. The highest BCUT2D eigenvalue weighted by atomic mass is 79.9. The van der Waals surface area contributed by atoms with Crippen molar-refractivity contribution in [2.45, 2.75) is 32.7 Å². The maximum atomic E-state index is 5.66. The topological polar surface area (TPSA) is 30.5 Å². The van der Waals surface area contributed by atoms with Crippen LogP contribution in [0.25, 0.3) is 0 Å². The van der Waals surface area contributed by atoms with Crippen molar-refractivity contribution in [1.29, 1.82) is 0 Å². The summed E-state index contributed by atoms with van der Waals surface area (Å²) < 4.78 is 11.6. The smallest absolute Gasteiger partial charge is 0.133 e. The second kappa shape index (κ2) is 9.37. The van der Waals surface area contributed by atoms with E-state index in [2.05, 4.69) is 47.2 Å². The monoisotopic (exact) mass is 343 g/mol. The van der Waals surface area contributed by atoms with Gasteiger partial charge >= 0.3 is 0 Å². The zero-order valence-electron chi connectivity index (χ0n) is 12.9. The van der Waals surface area contributed by atoms with E-state index in [4.69, 9.17) is 9.47 Å². The van der Waals surface area contributed by atoms with Crippen LogP contribution in [-0.4, -0.2) is 27.4 Å². The fourth-order valence-corrected chi connectivity index (χ4v) is 2.98. The molecule has 1 N–H and O–H groups in total. The van der Waals surface area contributed by atoms with Gasteiger partial charge in [0.05, 0.1) is 11.1 Å². The Hall–Kier alpha value is -0.580. The molecule has 1 aromatic carbocycles. The summed E-state index contributed by atoms with van der Waals surface area (Å²) in [7, 11) is 3.70. The Labute approximate surface area is 131 Å². The molecule has 0 amide bonds. The third-order valence-corrected chi connectivity index (χ3v) is 4.10. The Morgan fingerprint density at radius 3 is 2.60 bits per heavy atom. The summed E-state index contributed by atoms with van der Waals surface area (Å²) in [5, 5.41) is 3.42. The molecule has 1 aromatic rings. The number of hydrogen-bond donors (Lipinski definition) is 1. The Morgan fingerprint density at radius 2 is 2.05 bits per heavy atom. The molecule has 0 radical (unpaired) electrons. The minimum Gasteiger partial charge on any atom is -0.490 e. The second-order valence-electron chi connectivity index (χ2n) is 5.06. The number of rotatable bonds is 9. The van der Waals surface area contributed by atoms with Gasteiger partial charge in [-0.05, 0) is 53.0 Å². The zero-order chi connectivity index (χ0) is 15.0. The van der Waals surface area contributed by atoms with E-state index in [1.807, 2.05) is 13.1 Å². The number of ether oxygens (including phenoxy) is 2. The van der Waals surface area contributed by atoms with Crippen molar-refractivity contribution in [3.05, 3.63) is 28.2 Å². The lowest BCUT2D eigenvalue weighted by molar-refractivity contribution is 0.146. The van der Waals surface area contributed by atoms with Crippen molar-refractivity contribution in [1.82, 2.24) is 5.32 Å². The van der Waals surface area contributed by atoms with E-state index in [1.54, 1.807) is 7.11 Å². The van der Waals surface area contributed by atoms with Crippen molar-refractivity contribution in [3.63, 3.8) is 0 Å². The molecule has 20 heavy (non-hydrogen) atoms. The lowest BCUT2D eigenvalue weighted by Gasteiger charge is -2.24. The van der Waals surface area contributed by atoms with Crippen LogP contribution in [0.15, 0.2) is 22.7 Å². The van der Waals surface area contributed by atoms with E-state index in [0.717, 1.165) is 10.2 Å². The van der Waals surface area contributed by atoms with Crippen molar-refractivity contribution < 1.29 is 9.47 Å². The van der Waals surface area contributed by atoms with E-state index in [1.165, 1.54) is 18.4 Å². The van der Waals surface area contributed by atoms with Crippen molar-refractivity contribution in [2.24, 2.45) is 5.92 Å². The number of methoxy groups -OCH3 is 1. The van der Waals surface area contributed by atoms with Crippen LogP contribution in [-0.2, 0) is 4.74 Å². The van der Waals surface area contributed by atoms with Gasteiger partial charge in [0, 0.05) is 13.2 Å². The maximum Gasteiger partial charge on any atom is 0.133 e. The number of hydrogen-bond acceptors (Lipinski definition) is 3. The van der Waals surface area contributed by atoms with Gasteiger partial charge in [-0.1, -0.05) is 26.3 Å². The largest absolute Gasteiger partial charge is 0.490 e. The van der Waals surface area contributed by atoms with Gasteiger partial charge in [-0.2, -0.15) is 0 Å². The molecule has 114 valence electrons. The molecule has 0 bridgehead atoms. The maximum absolute atomic E-state index is 5.66. The SMILES string of the molecule is CCCC(C)C(NC)c1ccc(OCCOC)c(Br)c1. The highest BCUT2D eigenvalue weighted by Gasteiger charge is 2.17. The Balaban J connectivity index is 2.78. The molecule has 0 aliphatic rings. The third-order valence-electron chi connectivity index (χ3n) is 3.48. The Kier molecular flexibility index (Phi) is 8.19. The van der Waals surface area contributed by atoms with Crippen LogP contribution in [0.4, 0.5) is 0 Å². The van der Waals surface area contributed by atoms with Crippen molar-refractivity contribution in [2.75, 3.05) is 27.4 Å². The van der Waals surface area contributed by atoms with E-state index >= 15 is 0 Å². The number of halogens is 1. The predicted octanol–water partition coefficient (Wildman–Crippen LogP) is 4.17. The number of benzene rings is 1. The fourth-order valence-electron chi connectivity index (χ4n) is 2.46. The van der Waals surface area contributed by atoms with Crippen LogP contribution in [0.2, 0.25) is 0 Å². The first-order chi connectivity index (χ1) is 9.63. The molecule has 3 nitrogen and oxygen atoms in total. The van der Waals surface area contributed by atoms with Crippen LogP contribution in [0.1, 0.15) is 38.3 Å². The average molecular weight is 344 g/mol. The Morgan fingerprint density at radius 1 is 1.30 bits per heavy atom. The summed E-state index contributed by atoms with van der Waals surface area (Å²) in [6.45, 7) is 5.68. The van der Waals surface area contributed by atoms with Crippen LogP contribution < -0.4 is 10.1 Å². The first kappa shape index (κ1) is 17.5. The molecule has 4 heteroatoms. The molecule has 2 unspecified atom stereocenters. The molecule has 2 atom stereocenters. The highest BCUT2D eigenvalue weighted by Crippen LogP contribution is 2.32. The fraction of sp³-hybridized carbons (Fsp3) is 0.625. The molecular weight excluding hydrogens is 318 g/mol. The summed E-state index contributed by atoms with van der Waals surface area (Å²) >= 11 is 3.59. The minimum absolute atomic E-state index is 0.374. The predicted molar refractivity (Wildman–Crippen MR) is 87.4 cm³/mol. The molecule has 0 spiro atoms. The normalized spacial score (nSPS) is 14.1. The van der Waals surface area contributed by atoms with Gasteiger partial charge in [0.1, 0.15) is 12.4 Å². The van der Waals surface area contributed by atoms with Gasteiger partial charge in [0.25, 0.3) is 0 Å². The highest BCUT2D eigenvalue weighted by molar-refractivity contribution is 9.10. The van der Waals surface area contributed by atoms with Crippen molar-refractivity contribution >= 4 is 15.9 Å². The molecule has 0 saturated carbocycles. The van der Waals surface area contributed by atoms with Gasteiger partial charge < -0.3 is 14.8 Å². The van der Waals surface area contributed by atoms with E-state index in [-0.39, 0.29) is 0 Å². The summed E-state index contributed by atoms with van der Waals surface area (Å²) in [4.78, 5) is 0. The van der Waals surface area contributed by atoms with Crippen LogP contribution >= 0.6 is 15.9 Å². The standard InChI is InChI=1S/C16H26BrNO2/c1-5-6-12(2)16(18-3)13-7-8-15(14(17)11-13)20-10-9-19-4/h7-8,11-12,16,18H,5-6,9-10H2,1-4H3. The van der Waals surface area contributed by atoms with Crippen LogP contribution in [0.5, 0.6) is 5.75 Å². The molecule has 0 aliphatic heterocycles. The van der Waals surface area contributed by atoms with Crippen LogP contribution in [0.3, 0.4) is 0 Å². The Bertz CT molecular complexity index is 398. The van der Waals surface area contributed by atoms with E-state index in [9.17, 15) is 0 Å². The van der Waals surface area contributed by atoms with Gasteiger partial charge in [-0.25, -0.2) is 0 Å². The summed E-state index contributed by atoms with van der Waals surface area (Å²) in [5.41, 5.74) is 1.29. The lowest BCUT2D eigenvalue weighted by atomic mass is 9.91. The minimum atomic E-state index is 0.374. The number of nitrogens with one attached hydrogen (secondary N) is 1. The molecule has 1 rings (SSSR count). The van der Waals surface area contributed by atoms with Gasteiger partial charge in [-0.3, -0.25) is 0 Å². The first-order valence-electron chi connectivity index (χ1n) is 7.22. The van der Waals surface area contributed by atoms with Crippen molar-refractivity contribution in [3.8, 4) is 5.75 Å². The first-order valence-corrected chi connectivity index (χ1v) is 8.01. The molecule has 0 heterocycles. The quantitative estimate of drug-likeness (QED) is 0.682. The molecular formula is C16H26BrNO2. The second-order valence-corrected chi connectivity index (χ2v) is 5.92. The van der Waals surface area contributed by atoms with Gasteiger partial charge in [0.15, 0.2) is 0 Å². The molecule has 0 fully saturated rings. The van der Waals surface area contributed by atoms with E-state index < -0.39 is 0 Å². The van der Waals surface area contributed by atoms with Gasteiger partial charge in [-0.15, -0.1) is 0 Å². The molecule has 0 aromatic heterocycles. The lowest BCUT2D eigenvalue weighted by Crippen LogP contribution is -2.23. The van der Waals surface area contributed by atoms with E-state index in [0.29, 0.717) is 25.2 Å². The molecule has 0 aliphatic carbocycles.